The van der Waals surface area contributed by atoms with Crippen LogP contribution < -0.4 is 4.74 Å². The third-order valence-electron chi connectivity index (χ3n) is 2.92. The number of rotatable bonds is 5. The van der Waals surface area contributed by atoms with Crippen LogP contribution in [-0.2, 0) is 0 Å². The molecule has 0 N–H and O–H groups in total. The van der Waals surface area contributed by atoms with E-state index in [2.05, 4.69) is 0 Å². The summed E-state index contributed by atoms with van der Waals surface area (Å²) in [6, 6.07) is 9.38. The van der Waals surface area contributed by atoms with Gasteiger partial charge in [-0.25, -0.2) is 0 Å². The van der Waals surface area contributed by atoms with E-state index in [-0.39, 0.29) is 5.91 Å². The molecule has 0 aliphatic carbocycles. The number of carbonyl (C=O) groups is 1. The van der Waals surface area contributed by atoms with Crippen molar-refractivity contribution in [1.29, 1.82) is 0 Å². The van der Waals surface area contributed by atoms with Gasteiger partial charge in [0.15, 0.2) is 0 Å². The third-order valence-corrected chi connectivity index (χ3v) is 4.41. The molecule has 0 unspecified atom stereocenters. The first kappa shape index (κ1) is 16.1. The highest BCUT2D eigenvalue weighted by Gasteiger charge is 2.17. The van der Waals surface area contributed by atoms with Crippen LogP contribution in [0.2, 0.25) is 8.67 Å². The van der Waals surface area contributed by atoms with E-state index in [0.29, 0.717) is 27.4 Å². The Morgan fingerprint density at radius 3 is 2.71 bits per heavy atom. The zero-order valence-corrected chi connectivity index (χ0v) is 14.1. The number of nitrogens with zero attached hydrogens (tertiary/aromatic N) is 1. The first-order valence-corrected chi connectivity index (χ1v) is 7.94. The first-order chi connectivity index (χ1) is 9.97. The van der Waals surface area contributed by atoms with Gasteiger partial charge in [0, 0.05) is 7.05 Å². The number of benzene rings is 1. The summed E-state index contributed by atoms with van der Waals surface area (Å²) in [5.41, 5.74) is 1.57. The molecule has 1 heterocycles. The molecule has 0 aliphatic rings. The summed E-state index contributed by atoms with van der Waals surface area (Å²) in [6.07, 6.45) is 0. The number of aryl methyl sites for hydroxylation is 1. The predicted molar refractivity (Wildman–Crippen MR) is 88.0 cm³/mol. The van der Waals surface area contributed by atoms with Crippen molar-refractivity contribution in [2.45, 2.75) is 6.92 Å². The highest BCUT2D eigenvalue weighted by Crippen LogP contribution is 2.31. The largest absolute Gasteiger partial charge is 0.492 e. The minimum Gasteiger partial charge on any atom is -0.492 e. The van der Waals surface area contributed by atoms with E-state index in [0.717, 1.165) is 11.3 Å². The third kappa shape index (κ3) is 4.37. The Morgan fingerprint density at radius 1 is 1.33 bits per heavy atom. The number of amides is 1. The quantitative estimate of drug-likeness (QED) is 0.798. The Labute approximate surface area is 138 Å². The summed E-state index contributed by atoms with van der Waals surface area (Å²) < 4.78 is 6.55. The van der Waals surface area contributed by atoms with Gasteiger partial charge in [-0.2, -0.15) is 0 Å². The van der Waals surface area contributed by atoms with E-state index in [4.69, 9.17) is 27.9 Å². The number of hydrogen-bond donors (Lipinski definition) is 0. The smallest absolute Gasteiger partial charge is 0.256 e. The molecule has 0 aliphatic heterocycles. The van der Waals surface area contributed by atoms with Gasteiger partial charge in [0.1, 0.15) is 16.7 Å². The lowest BCUT2D eigenvalue weighted by atomic mass is 10.2. The molecule has 3 nitrogen and oxygen atoms in total. The summed E-state index contributed by atoms with van der Waals surface area (Å²) >= 11 is 13.0. The second-order valence-electron chi connectivity index (χ2n) is 4.63. The van der Waals surface area contributed by atoms with Gasteiger partial charge in [0.25, 0.3) is 5.91 Å². The van der Waals surface area contributed by atoms with Gasteiger partial charge in [0.05, 0.1) is 16.4 Å². The number of likely N-dealkylation sites (N-methyl/N-ethyl adjacent to an activating group) is 1. The zero-order valence-electron chi connectivity index (χ0n) is 11.7. The summed E-state index contributed by atoms with van der Waals surface area (Å²) in [5, 5.41) is 0. The molecule has 1 amide bonds. The van der Waals surface area contributed by atoms with Crippen molar-refractivity contribution in [1.82, 2.24) is 4.90 Å². The standard InChI is InChI=1S/C15H15Cl2NO2S/c1-10-4-3-5-11(8-10)20-7-6-18(2)15(19)12-9-13(16)21-14(12)17/h3-5,8-9H,6-7H2,1-2H3. The van der Waals surface area contributed by atoms with Crippen LogP contribution in [0.1, 0.15) is 15.9 Å². The van der Waals surface area contributed by atoms with Crippen LogP contribution in [0.5, 0.6) is 5.75 Å². The maximum atomic E-state index is 12.2. The monoisotopic (exact) mass is 343 g/mol. The average Bonchev–Trinajstić information content (AvgIpc) is 2.77. The molecule has 0 atom stereocenters. The number of thiophene rings is 1. The van der Waals surface area contributed by atoms with Gasteiger partial charge >= 0.3 is 0 Å². The Kier molecular flexibility index (Phi) is 5.51. The fraction of sp³-hybridized carbons (Fsp3) is 0.267. The van der Waals surface area contributed by atoms with Crippen molar-refractivity contribution in [3.05, 3.63) is 50.1 Å². The normalized spacial score (nSPS) is 10.5. The van der Waals surface area contributed by atoms with E-state index in [1.165, 1.54) is 11.3 Å². The summed E-state index contributed by atoms with van der Waals surface area (Å²) in [7, 11) is 1.71. The molecule has 0 fully saturated rings. The van der Waals surface area contributed by atoms with E-state index >= 15 is 0 Å². The number of carbonyl (C=O) groups excluding carboxylic acids is 1. The van der Waals surface area contributed by atoms with Gasteiger partial charge in [-0.3, -0.25) is 4.79 Å². The fourth-order valence-corrected chi connectivity index (χ4v) is 3.25. The molecule has 21 heavy (non-hydrogen) atoms. The molecule has 1 aromatic carbocycles. The Hall–Kier alpha value is -1.23. The topological polar surface area (TPSA) is 29.5 Å². The summed E-state index contributed by atoms with van der Waals surface area (Å²) in [6.45, 7) is 2.89. The van der Waals surface area contributed by atoms with Crippen molar-refractivity contribution in [2.24, 2.45) is 0 Å². The number of ether oxygens (including phenoxy) is 1. The van der Waals surface area contributed by atoms with Crippen molar-refractivity contribution in [3.8, 4) is 5.75 Å². The lowest BCUT2D eigenvalue weighted by molar-refractivity contribution is 0.0774. The minimum absolute atomic E-state index is 0.156. The van der Waals surface area contributed by atoms with Crippen LogP contribution in [0.4, 0.5) is 0 Å². The number of hydrogen-bond acceptors (Lipinski definition) is 3. The molecular weight excluding hydrogens is 329 g/mol. The van der Waals surface area contributed by atoms with Crippen molar-refractivity contribution in [2.75, 3.05) is 20.2 Å². The summed E-state index contributed by atoms with van der Waals surface area (Å²) in [4.78, 5) is 13.8. The van der Waals surface area contributed by atoms with Crippen LogP contribution in [0.3, 0.4) is 0 Å². The second kappa shape index (κ2) is 7.16. The molecule has 0 saturated carbocycles. The molecule has 2 rings (SSSR count). The lowest BCUT2D eigenvalue weighted by Gasteiger charge is -2.17. The van der Waals surface area contributed by atoms with Gasteiger partial charge in [-0.1, -0.05) is 35.3 Å². The summed E-state index contributed by atoms with van der Waals surface area (Å²) in [5.74, 6) is 0.642. The Balaban J connectivity index is 1.88. The molecule has 1 aromatic heterocycles. The van der Waals surface area contributed by atoms with Crippen LogP contribution in [0, 0.1) is 6.92 Å². The highest BCUT2D eigenvalue weighted by molar-refractivity contribution is 7.20. The van der Waals surface area contributed by atoms with Crippen LogP contribution in [0.15, 0.2) is 30.3 Å². The van der Waals surface area contributed by atoms with Gasteiger partial charge < -0.3 is 9.64 Å². The molecule has 0 bridgehead atoms. The average molecular weight is 344 g/mol. The van der Waals surface area contributed by atoms with E-state index < -0.39 is 0 Å². The maximum absolute atomic E-state index is 12.2. The second-order valence-corrected chi connectivity index (χ2v) is 6.92. The Morgan fingerprint density at radius 2 is 2.10 bits per heavy atom. The van der Waals surface area contributed by atoms with Crippen molar-refractivity contribution < 1.29 is 9.53 Å². The molecule has 2 aromatic rings. The molecule has 0 spiro atoms. The van der Waals surface area contributed by atoms with E-state index in [9.17, 15) is 4.79 Å². The van der Waals surface area contributed by atoms with Crippen LogP contribution >= 0.6 is 34.5 Å². The van der Waals surface area contributed by atoms with Crippen LogP contribution in [-0.4, -0.2) is 31.0 Å². The van der Waals surface area contributed by atoms with E-state index in [1.54, 1.807) is 18.0 Å². The molecular formula is C15H15Cl2NO2S. The molecule has 6 heteroatoms. The predicted octanol–water partition coefficient (Wildman–Crippen LogP) is 4.51. The minimum atomic E-state index is -0.156. The number of halogens is 2. The maximum Gasteiger partial charge on any atom is 0.256 e. The van der Waals surface area contributed by atoms with Gasteiger partial charge in [0.2, 0.25) is 0 Å². The van der Waals surface area contributed by atoms with Gasteiger partial charge in [-0.05, 0) is 30.7 Å². The molecule has 0 radical (unpaired) electrons. The lowest BCUT2D eigenvalue weighted by Crippen LogP contribution is -2.30. The van der Waals surface area contributed by atoms with Crippen molar-refractivity contribution in [3.63, 3.8) is 0 Å². The SMILES string of the molecule is Cc1cccc(OCCN(C)C(=O)c2cc(Cl)sc2Cl)c1. The van der Waals surface area contributed by atoms with E-state index in [1.807, 2.05) is 31.2 Å². The highest BCUT2D eigenvalue weighted by atomic mass is 35.5. The van der Waals surface area contributed by atoms with Crippen molar-refractivity contribution >= 4 is 40.4 Å². The fourth-order valence-electron chi connectivity index (χ4n) is 1.80. The van der Waals surface area contributed by atoms with Crippen LogP contribution in [0.25, 0.3) is 0 Å². The molecule has 0 saturated heterocycles. The zero-order chi connectivity index (χ0) is 15.4. The first-order valence-electron chi connectivity index (χ1n) is 6.37. The molecule has 112 valence electrons. The van der Waals surface area contributed by atoms with Gasteiger partial charge in [-0.15, -0.1) is 11.3 Å². The Bertz CT molecular complexity index is 642.